The second-order valence-electron chi connectivity index (χ2n) is 9.75. The van der Waals surface area contributed by atoms with Crippen molar-refractivity contribution in [3.63, 3.8) is 0 Å². The van der Waals surface area contributed by atoms with Gasteiger partial charge >= 0.3 is 0 Å². The average molecular weight is 472 g/mol. The Kier molecular flexibility index (Phi) is 6.67. The lowest BCUT2D eigenvalue weighted by Crippen LogP contribution is -2.38. The van der Waals surface area contributed by atoms with Crippen molar-refractivity contribution in [2.24, 2.45) is 0 Å². The number of nitrogens with zero attached hydrogens (tertiary/aromatic N) is 3. The molecule has 2 unspecified atom stereocenters. The van der Waals surface area contributed by atoms with Gasteiger partial charge in [-0.05, 0) is 42.5 Å². The van der Waals surface area contributed by atoms with Crippen molar-refractivity contribution in [2.45, 2.75) is 43.9 Å². The lowest BCUT2D eigenvalue weighted by molar-refractivity contribution is -0.142. The van der Waals surface area contributed by atoms with E-state index in [2.05, 4.69) is 52.0 Å². The number of benzene rings is 2. The topological polar surface area (TPSA) is 52.7 Å². The Morgan fingerprint density at radius 1 is 0.914 bits per heavy atom. The average Bonchev–Trinajstić information content (AvgIpc) is 3.56. The molecule has 0 aliphatic carbocycles. The maximum Gasteiger partial charge on any atom is 0.134 e. The van der Waals surface area contributed by atoms with Crippen LogP contribution in [0.1, 0.15) is 41.8 Å². The number of ether oxygens (including phenoxy) is 2. The number of likely N-dealkylation sites (tertiary alicyclic amines) is 1. The monoisotopic (exact) mass is 471 g/mol. The molecular formula is C29H33N3O3. The Morgan fingerprint density at radius 2 is 1.74 bits per heavy atom. The molecule has 6 heteroatoms. The van der Waals surface area contributed by atoms with Gasteiger partial charge in [-0.25, -0.2) is 0 Å². The molecular weight excluding hydrogens is 438 g/mol. The third-order valence-electron chi connectivity index (χ3n) is 7.43. The highest BCUT2D eigenvalue weighted by Crippen LogP contribution is 2.30. The SMILES string of the molecule is c1ccc(CC2COCC(c3ccnn3C3CCN(CCc4coc5ccccc45)CC3)O2)cc1. The standard InChI is InChI=1S/C29H33N3O3/c1-2-6-22(7-3-1)18-25-20-33-21-29(35-25)27-10-14-30-32(27)24-12-16-31(17-13-24)15-11-23-19-34-28-9-5-4-8-26(23)28/h1-10,14,19,24-25,29H,11-13,15-18,20-21H2. The fraction of sp³-hybridized carbons (Fsp3) is 0.414. The molecule has 2 atom stereocenters. The van der Waals surface area contributed by atoms with Crippen molar-refractivity contribution in [1.82, 2.24) is 14.7 Å². The first-order valence-corrected chi connectivity index (χ1v) is 12.8. The van der Waals surface area contributed by atoms with Crippen LogP contribution < -0.4 is 0 Å². The first-order valence-electron chi connectivity index (χ1n) is 12.8. The molecule has 2 fully saturated rings. The van der Waals surface area contributed by atoms with Crippen molar-refractivity contribution in [3.05, 3.63) is 89.9 Å². The van der Waals surface area contributed by atoms with E-state index >= 15 is 0 Å². The number of para-hydroxylation sites is 1. The van der Waals surface area contributed by atoms with E-state index in [4.69, 9.17) is 19.0 Å². The van der Waals surface area contributed by atoms with E-state index in [-0.39, 0.29) is 12.2 Å². The summed E-state index contributed by atoms with van der Waals surface area (Å²) in [5.74, 6) is 0. The summed E-state index contributed by atoms with van der Waals surface area (Å²) in [4.78, 5) is 2.57. The van der Waals surface area contributed by atoms with E-state index in [1.165, 1.54) is 16.5 Å². The van der Waals surface area contributed by atoms with E-state index in [9.17, 15) is 0 Å². The maximum absolute atomic E-state index is 6.50. The van der Waals surface area contributed by atoms with E-state index < -0.39 is 0 Å². The third-order valence-corrected chi connectivity index (χ3v) is 7.43. The molecule has 6 rings (SSSR count). The van der Waals surface area contributed by atoms with Crippen molar-refractivity contribution in [1.29, 1.82) is 0 Å². The van der Waals surface area contributed by atoms with E-state index in [1.54, 1.807) is 0 Å². The highest BCUT2D eigenvalue weighted by atomic mass is 16.6. The lowest BCUT2D eigenvalue weighted by Gasteiger charge is -2.35. The zero-order valence-corrected chi connectivity index (χ0v) is 20.1. The minimum absolute atomic E-state index is 0.0626. The van der Waals surface area contributed by atoms with Crippen LogP contribution in [0.2, 0.25) is 0 Å². The second-order valence-corrected chi connectivity index (χ2v) is 9.75. The predicted molar refractivity (Wildman–Crippen MR) is 135 cm³/mol. The van der Waals surface area contributed by atoms with Gasteiger partial charge in [-0.15, -0.1) is 0 Å². The first kappa shape index (κ1) is 22.5. The molecule has 0 bridgehead atoms. The zero-order chi connectivity index (χ0) is 23.5. The van der Waals surface area contributed by atoms with Crippen molar-refractivity contribution in [2.75, 3.05) is 32.8 Å². The molecule has 35 heavy (non-hydrogen) atoms. The van der Waals surface area contributed by atoms with Gasteiger partial charge in [0.1, 0.15) is 11.7 Å². The van der Waals surface area contributed by atoms with Crippen LogP contribution in [0.25, 0.3) is 11.0 Å². The van der Waals surface area contributed by atoms with Crippen LogP contribution in [-0.4, -0.2) is 53.6 Å². The summed E-state index contributed by atoms with van der Waals surface area (Å²) in [6, 6.07) is 21.3. The second kappa shape index (κ2) is 10.4. The highest BCUT2D eigenvalue weighted by molar-refractivity contribution is 5.80. The molecule has 2 aromatic heterocycles. The molecule has 2 aromatic carbocycles. The highest BCUT2D eigenvalue weighted by Gasteiger charge is 2.30. The van der Waals surface area contributed by atoms with Crippen molar-refractivity contribution >= 4 is 11.0 Å². The molecule has 182 valence electrons. The minimum Gasteiger partial charge on any atom is -0.464 e. The lowest BCUT2D eigenvalue weighted by atomic mass is 10.0. The number of furan rings is 1. The molecule has 4 heterocycles. The Balaban J connectivity index is 1.04. The molecule has 6 nitrogen and oxygen atoms in total. The molecule has 0 N–H and O–H groups in total. The Labute approximate surface area is 206 Å². The quantitative estimate of drug-likeness (QED) is 0.370. The molecule has 2 aliphatic rings. The van der Waals surface area contributed by atoms with Crippen LogP contribution in [0.4, 0.5) is 0 Å². The summed E-state index contributed by atoms with van der Waals surface area (Å²) >= 11 is 0. The Bertz CT molecular complexity index is 1230. The van der Waals surface area contributed by atoms with Crippen molar-refractivity contribution < 1.29 is 13.9 Å². The number of hydrogen-bond acceptors (Lipinski definition) is 5. The van der Waals surface area contributed by atoms with Gasteiger partial charge in [0.05, 0.1) is 37.3 Å². The smallest absolute Gasteiger partial charge is 0.134 e. The number of hydrogen-bond donors (Lipinski definition) is 0. The van der Waals surface area contributed by atoms with Gasteiger partial charge in [0.15, 0.2) is 0 Å². The van der Waals surface area contributed by atoms with Crippen molar-refractivity contribution in [3.8, 4) is 0 Å². The normalized spacial score (nSPS) is 22.1. The van der Waals surface area contributed by atoms with Crippen LogP contribution in [0.3, 0.4) is 0 Å². The third kappa shape index (κ3) is 5.06. The van der Waals surface area contributed by atoms with Crippen LogP contribution in [0.15, 0.2) is 77.5 Å². The van der Waals surface area contributed by atoms with Gasteiger partial charge in [0, 0.05) is 37.6 Å². The largest absolute Gasteiger partial charge is 0.464 e. The van der Waals surface area contributed by atoms with Crippen LogP contribution in [0.5, 0.6) is 0 Å². The van der Waals surface area contributed by atoms with Gasteiger partial charge in [-0.3, -0.25) is 4.68 Å². The van der Waals surface area contributed by atoms with E-state index in [0.717, 1.165) is 56.6 Å². The van der Waals surface area contributed by atoms with Gasteiger partial charge in [0.2, 0.25) is 0 Å². The van der Waals surface area contributed by atoms with Crippen LogP contribution >= 0.6 is 0 Å². The molecule has 4 aromatic rings. The molecule has 2 aliphatic heterocycles. The number of rotatable bonds is 7. The summed E-state index contributed by atoms with van der Waals surface area (Å²) in [6.07, 6.45) is 7.93. The minimum atomic E-state index is -0.0626. The van der Waals surface area contributed by atoms with Gasteiger partial charge in [-0.1, -0.05) is 48.5 Å². The Hall–Kier alpha value is -2.93. The van der Waals surface area contributed by atoms with Gasteiger partial charge in [-0.2, -0.15) is 5.10 Å². The van der Waals surface area contributed by atoms with Crippen LogP contribution in [-0.2, 0) is 22.3 Å². The summed E-state index contributed by atoms with van der Waals surface area (Å²) in [5.41, 5.74) is 4.71. The molecule has 0 radical (unpaired) electrons. The number of aromatic nitrogens is 2. The Morgan fingerprint density at radius 3 is 2.63 bits per heavy atom. The van der Waals surface area contributed by atoms with Crippen LogP contribution in [0, 0.1) is 0 Å². The summed E-state index contributed by atoms with van der Waals surface area (Å²) < 4.78 is 20.4. The fourth-order valence-corrected chi connectivity index (χ4v) is 5.53. The molecule has 0 saturated carbocycles. The fourth-order valence-electron chi connectivity index (χ4n) is 5.53. The maximum atomic E-state index is 6.50. The summed E-state index contributed by atoms with van der Waals surface area (Å²) in [7, 11) is 0. The molecule has 0 amide bonds. The number of piperidine rings is 1. The van der Waals surface area contributed by atoms with Gasteiger partial charge in [0.25, 0.3) is 0 Å². The zero-order valence-electron chi connectivity index (χ0n) is 20.1. The summed E-state index contributed by atoms with van der Waals surface area (Å²) in [6.45, 7) is 4.46. The number of fused-ring (bicyclic) bond motifs is 1. The van der Waals surface area contributed by atoms with Gasteiger partial charge < -0.3 is 18.8 Å². The van der Waals surface area contributed by atoms with E-state index in [0.29, 0.717) is 19.3 Å². The van der Waals surface area contributed by atoms with E-state index in [1.807, 2.05) is 30.7 Å². The molecule has 2 saturated heterocycles. The molecule has 0 spiro atoms. The predicted octanol–water partition coefficient (Wildman–Crippen LogP) is 5.21. The first-order chi connectivity index (χ1) is 17.3. The summed E-state index contributed by atoms with van der Waals surface area (Å²) in [5, 5.41) is 5.96.